The van der Waals surface area contributed by atoms with Crippen LogP contribution in [0.4, 0.5) is 0 Å². The van der Waals surface area contributed by atoms with Gasteiger partial charge in [0.25, 0.3) is 0 Å². The Kier molecular flexibility index (Phi) is 40.1. The van der Waals surface area contributed by atoms with Gasteiger partial charge in [0.2, 0.25) is 29.5 Å². The van der Waals surface area contributed by atoms with Crippen molar-refractivity contribution in [3.8, 4) is 0 Å². The highest BCUT2D eigenvalue weighted by atomic mass is 16.8. The lowest BCUT2D eigenvalue weighted by Crippen LogP contribution is -2.72. The number of aliphatic hydroxyl groups is 29. The lowest BCUT2D eigenvalue weighted by molar-refractivity contribution is -0.409. The van der Waals surface area contributed by atoms with Crippen LogP contribution in [0.2, 0.25) is 0 Å². The van der Waals surface area contributed by atoms with E-state index in [1.54, 1.807) is 0 Å². The number of ether oxygens (including phenoxy) is 21. The predicted octanol–water partition coefficient (Wildman–Crippen LogP) is -23.2. The van der Waals surface area contributed by atoms with Crippen molar-refractivity contribution in [3.63, 3.8) is 0 Å². The van der Waals surface area contributed by atoms with Crippen molar-refractivity contribution in [1.29, 1.82) is 0 Å². The molecule has 136 heavy (non-hydrogen) atoms. The SMILES string of the molecule is CC(=O)N[C@H]1C(O[C@H]2[C@H](OC3O[C@H](CO)[C@@H](O)[C@H](O)[C@@H]3OC3O[C@H](CO)[C@@H](OC4O[C@H](CO)[C@H](O)[C@H](O)[C@H]4O)[C@H](O)[C@H]3NC(C)=O)[C@H](O)C(O[C@H]3[C@H](O)[C@@H](NC(C)=O)C(O[C@H]4[C@H](O)[C@@H](NC(C)=O)C(O)O[C@@H]4COC4O[C@@H](C)[C@@H](O)[C@@H](O)[C@@H]4O)O[C@@H]3CO)O[C@@H]2COC2O[C@H](CO)[C@@H](O)[C@H](O)[C@@H]2OC2O[C@H](CO)[C@@H](OC3O[C@H](CO)[C@H](O)[C@H](O)[C@H]3O)[C@H](O)[C@H]2NC(C)=O)O[C@H](CO)[C@@H](O)[C@@H]1O. The van der Waals surface area contributed by atoms with Crippen LogP contribution in [-0.2, 0) is 123 Å². The standard InChI is InChI=1S/C76H127N5O55/c1-17-38(95)49(106)54(111)71(118-17)116-15-31-61(45(102)33(66(115)119-31)77-18(2)90)129-68-35(79-20(4)92)46(103)60(30(14-89)125-68)132-74-57(114)63(134-76-65(53(110)43(100)27(11-86)124-76)136-70-37(81-22(6)94)48(105)59(29(13-88)127-70)131-73-56(113)51(108)41(98)25(9-84)122-73)62(133-67-34(78-19(3)91)44(101)39(96)23(7-82)120-67)32(128-74)16-117-75-64(52(109)42(99)26(10-85)123-75)135-69-36(80-21(5)93)47(104)58(28(12-87)126-69)130-72-55(112)50(107)40(97)24(8-83)121-72/h17,23-76,82-89,95-115H,7-16H2,1-6H3,(H,77,90)(H,78,91)(H,79,92)(H,80,93)(H,81,94)/t17-,23+,24+,25+,26+,27+,28+,29+,30+,31+,32+,33+,34+,35+,36+,37+,38+,39+,40-,41-,42+,43+,44+,45+,46+,47+,48+,49+,50-,51-,52-,53-,54-,55+,56+,57-,58+,59+,60+,61+,62+,63+,64-,65-,66?,67?,68?,69?,70?,71?,72?,73?,74?,75?,76?/m0/s1. The molecule has 786 valence electrons. The van der Waals surface area contributed by atoms with Crippen LogP contribution >= 0.6 is 0 Å². The van der Waals surface area contributed by atoms with Crippen LogP contribution in [0.1, 0.15) is 41.5 Å². The second kappa shape index (κ2) is 48.8. The summed E-state index contributed by atoms with van der Waals surface area (Å²) in [6.07, 6.45) is -108. The molecule has 60 heteroatoms. The molecule has 5 amide bonds. The zero-order valence-corrected chi connectivity index (χ0v) is 73.4. The van der Waals surface area contributed by atoms with E-state index in [0.717, 1.165) is 34.6 Å². The zero-order chi connectivity index (χ0) is 100. The molecule has 0 aromatic heterocycles. The smallest absolute Gasteiger partial charge is 0.217 e. The molecular weight excluding hydrogens is 1860 g/mol. The van der Waals surface area contributed by atoms with Gasteiger partial charge in [-0.25, -0.2) is 0 Å². The van der Waals surface area contributed by atoms with Gasteiger partial charge in [-0.1, -0.05) is 0 Å². The Balaban J connectivity index is 1.01. The van der Waals surface area contributed by atoms with Crippen LogP contribution in [0, 0.1) is 0 Å². The molecule has 34 N–H and O–H groups in total. The second-order valence-electron chi connectivity index (χ2n) is 34.5. The molecular formula is C76H127N5O55. The lowest BCUT2D eigenvalue weighted by Gasteiger charge is -2.52. The van der Waals surface area contributed by atoms with Gasteiger partial charge < -0.3 is 274 Å². The minimum absolute atomic E-state index is 0.882. The van der Waals surface area contributed by atoms with Gasteiger partial charge in [-0.2, -0.15) is 0 Å². The number of hydrogen-bond acceptors (Lipinski definition) is 55. The van der Waals surface area contributed by atoms with Crippen molar-refractivity contribution < 1.29 is 272 Å². The van der Waals surface area contributed by atoms with Gasteiger partial charge in [0.1, 0.15) is 262 Å². The van der Waals surface area contributed by atoms with Gasteiger partial charge in [0.05, 0.1) is 72.2 Å². The van der Waals surface area contributed by atoms with Gasteiger partial charge in [0.15, 0.2) is 69.2 Å². The van der Waals surface area contributed by atoms with E-state index in [1.807, 2.05) is 0 Å². The highest BCUT2D eigenvalue weighted by Gasteiger charge is 2.63. The number of aliphatic hydroxyl groups excluding tert-OH is 29. The number of carbonyl (C=O) groups is 5. The fraction of sp³-hybridized carbons (Fsp3) is 0.934. The van der Waals surface area contributed by atoms with E-state index < -0.39 is 433 Å². The van der Waals surface area contributed by atoms with Gasteiger partial charge in [-0.3, -0.25) is 24.0 Å². The number of nitrogens with one attached hydrogen (secondary N) is 5. The molecule has 11 saturated heterocycles. The van der Waals surface area contributed by atoms with Gasteiger partial charge in [0, 0.05) is 34.6 Å². The Labute approximate surface area is 770 Å². The van der Waals surface area contributed by atoms with Crippen molar-refractivity contribution in [2.75, 3.05) is 66.1 Å². The third-order valence-corrected chi connectivity index (χ3v) is 24.9. The Bertz CT molecular complexity index is 3760. The molecule has 11 heterocycles. The highest BCUT2D eigenvalue weighted by Crippen LogP contribution is 2.42. The third kappa shape index (κ3) is 24.8. The van der Waals surface area contributed by atoms with Crippen LogP contribution in [-0.4, -0.2) is 581 Å². The minimum atomic E-state index is -2.83. The molecule has 0 aromatic carbocycles. The first-order valence-corrected chi connectivity index (χ1v) is 43.5. The van der Waals surface area contributed by atoms with Crippen LogP contribution in [0.3, 0.4) is 0 Å². The summed E-state index contributed by atoms with van der Waals surface area (Å²) in [6.45, 7) is -5.99. The minimum Gasteiger partial charge on any atom is -0.394 e. The Morgan fingerprint density at radius 2 is 0.449 bits per heavy atom. The lowest BCUT2D eigenvalue weighted by atomic mass is 9.93. The second-order valence-corrected chi connectivity index (χ2v) is 34.5. The first-order chi connectivity index (χ1) is 64.3. The largest absolute Gasteiger partial charge is 0.394 e. The summed E-state index contributed by atoms with van der Waals surface area (Å²) in [4.78, 5) is 65.8. The summed E-state index contributed by atoms with van der Waals surface area (Å²) in [5.74, 6) is -4.99. The van der Waals surface area contributed by atoms with E-state index in [1.165, 1.54) is 6.92 Å². The van der Waals surface area contributed by atoms with E-state index in [0.29, 0.717) is 0 Å². The van der Waals surface area contributed by atoms with E-state index in [-0.39, 0.29) is 0 Å². The molecule has 60 nitrogen and oxygen atoms in total. The van der Waals surface area contributed by atoms with Gasteiger partial charge in [-0.05, 0) is 6.92 Å². The van der Waals surface area contributed by atoms with E-state index >= 15 is 0 Å². The summed E-state index contributed by atoms with van der Waals surface area (Å²) in [5.41, 5.74) is 0. The average Bonchev–Trinajstić information content (AvgIpc) is 0.745. The number of carbonyl (C=O) groups excluding carboxylic acids is 5. The summed E-state index contributed by atoms with van der Waals surface area (Å²) < 4.78 is 128. The van der Waals surface area contributed by atoms with Crippen LogP contribution in [0.5, 0.6) is 0 Å². The predicted molar refractivity (Wildman–Crippen MR) is 419 cm³/mol. The fourth-order valence-electron chi connectivity index (χ4n) is 17.7. The molecule has 11 rings (SSSR count). The Morgan fingerprint density at radius 1 is 0.206 bits per heavy atom. The maximum atomic E-state index is 13.5. The monoisotopic (exact) mass is 1990 g/mol. The van der Waals surface area contributed by atoms with Gasteiger partial charge >= 0.3 is 0 Å². The molecule has 0 radical (unpaired) electrons. The van der Waals surface area contributed by atoms with Crippen molar-refractivity contribution >= 4 is 29.5 Å². The van der Waals surface area contributed by atoms with E-state index in [4.69, 9.17) is 99.5 Å². The topological polar surface area (TPSA) is 926 Å². The first kappa shape index (κ1) is 112. The van der Waals surface area contributed by atoms with E-state index in [2.05, 4.69) is 26.6 Å². The fourth-order valence-corrected chi connectivity index (χ4v) is 17.7. The molecule has 55 atom stereocenters. The van der Waals surface area contributed by atoms with Crippen molar-refractivity contribution in [1.82, 2.24) is 26.6 Å². The Hall–Kier alpha value is -4.65. The Morgan fingerprint density at radius 3 is 0.831 bits per heavy atom. The number of rotatable bonds is 35. The summed E-state index contributed by atoms with van der Waals surface area (Å²) in [6, 6.07) is -10.1. The third-order valence-electron chi connectivity index (χ3n) is 24.9. The van der Waals surface area contributed by atoms with Crippen LogP contribution in [0.15, 0.2) is 0 Å². The van der Waals surface area contributed by atoms with Gasteiger partial charge in [-0.15, -0.1) is 0 Å². The molecule has 0 aromatic rings. The molecule has 0 saturated carbocycles. The number of hydrogen-bond donors (Lipinski definition) is 34. The molecule has 11 unspecified atom stereocenters. The molecule has 0 spiro atoms. The maximum Gasteiger partial charge on any atom is 0.217 e. The van der Waals surface area contributed by atoms with E-state index in [9.17, 15) is 172 Å². The molecule has 11 aliphatic heterocycles. The normalized spacial score (nSPS) is 49.2. The average molecular weight is 1990 g/mol. The maximum absolute atomic E-state index is 13.5. The zero-order valence-electron chi connectivity index (χ0n) is 73.4. The molecule has 0 aliphatic carbocycles. The number of amides is 5. The van der Waals surface area contributed by atoms with Crippen LogP contribution in [0.25, 0.3) is 0 Å². The highest BCUT2D eigenvalue weighted by molar-refractivity contribution is 5.75. The quantitative estimate of drug-likeness (QED) is 0.0280. The molecule has 11 fully saturated rings. The summed E-state index contributed by atoms with van der Waals surface area (Å²) >= 11 is 0. The molecule has 11 aliphatic rings. The molecule has 0 bridgehead atoms. The van der Waals surface area contributed by atoms with Crippen molar-refractivity contribution in [2.24, 2.45) is 0 Å². The summed E-state index contributed by atoms with van der Waals surface area (Å²) in [5, 5.41) is 339. The summed E-state index contributed by atoms with van der Waals surface area (Å²) in [7, 11) is 0. The first-order valence-electron chi connectivity index (χ1n) is 43.5. The van der Waals surface area contributed by atoms with Crippen molar-refractivity contribution in [3.05, 3.63) is 0 Å². The van der Waals surface area contributed by atoms with Crippen LogP contribution < -0.4 is 26.6 Å². The van der Waals surface area contributed by atoms with Crippen molar-refractivity contribution in [2.45, 2.75) is 379 Å².